The van der Waals surface area contributed by atoms with Crippen molar-refractivity contribution in [1.29, 1.82) is 0 Å². The molecule has 0 spiro atoms. The third kappa shape index (κ3) is 5.47. The second-order valence-corrected chi connectivity index (χ2v) is 9.99. The van der Waals surface area contributed by atoms with Gasteiger partial charge >= 0.3 is 5.97 Å². The average Bonchev–Trinajstić information content (AvgIpc) is 3.61. The van der Waals surface area contributed by atoms with E-state index in [1.165, 1.54) is 12.8 Å². The lowest BCUT2D eigenvalue weighted by molar-refractivity contribution is 0.0697. The van der Waals surface area contributed by atoms with E-state index in [1.807, 2.05) is 49.6 Å². The molecular weight excluding hydrogens is 480 g/mol. The van der Waals surface area contributed by atoms with E-state index < -0.39 is 12.1 Å². The predicted molar refractivity (Wildman–Crippen MR) is 148 cm³/mol. The molecule has 0 amide bonds. The van der Waals surface area contributed by atoms with Gasteiger partial charge in [-0.2, -0.15) is 9.97 Å². The minimum absolute atomic E-state index is 0.153. The molecule has 2 atom stereocenters. The Morgan fingerprint density at radius 1 is 1.05 bits per heavy atom. The van der Waals surface area contributed by atoms with Crippen molar-refractivity contribution in [1.82, 2.24) is 19.5 Å². The highest BCUT2D eigenvalue weighted by Gasteiger charge is 2.23. The van der Waals surface area contributed by atoms with Crippen molar-refractivity contribution in [3.8, 4) is 11.1 Å². The van der Waals surface area contributed by atoms with Crippen molar-refractivity contribution in [2.45, 2.75) is 70.7 Å². The van der Waals surface area contributed by atoms with Gasteiger partial charge in [0, 0.05) is 12.6 Å². The normalized spacial score (nSPS) is 15.4. The van der Waals surface area contributed by atoms with Gasteiger partial charge in [0.1, 0.15) is 0 Å². The van der Waals surface area contributed by atoms with E-state index in [-0.39, 0.29) is 11.6 Å². The van der Waals surface area contributed by atoms with Crippen molar-refractivity contribution in [3.63, 3.8) is 0 Å². The van der Waals surface area contributed by atoms with E-state index in [1.54, 1.807) is 19.1 Å². The Bertz CT molecular complexity index is 1390. The predicted octanol–water partition coefficient (Wildman–Crippen LogP) is 5.49. The van der Waals surface area contributed by atoms with E-state index in [2.05, 4.69) is 20.2 Å². The summed E-state index contributed by atoms with van der Waals surface area (Å²) in [5, 5.41) is 26.0. The van der Waals surface area contributed by atoms with Gasteiger partial charge < -0.3 is 25.4 Å². The van der Waals surface area contributed by atoms with Crippen LogP contribution in [0.4, 0.5) is 11.8 Å². The summed E-state index contributed by atoms with van der Waals surface area (Å²) in [6.07, 6.45) is 6.76. The molecule has 2 unspecified atom stereocenters. The van der Waals surface area contributed by atoms with Gasteiger partial charge in [-0.15, -0.1) is 0 Å². The van der Waals surface area contributed by atoms with E-state index in [9.17, 15) is 9.90 Å². The van der Waals surface area contributed by atoms with E-state index >= 15 is 0 Å². The summed E-state index contributed by atoms with van der Waals surface area (Å²) in [4.78, 5) is 25.4. The van der Waals surface area contributed by atoms with Crippen LogP contribution in [0.5, 0.6) is 0 Å². The maximum atomic E-state index is 11.1. The molecule has 0 bridgehead atoms. The quantitative estimate of drug-likeness (QED) is 0.219. The van der Waals surface area contributed by atoms with E-state index in [4.69, 9.17) is 15.1 Å². The number of carboxylic acid groups (broad SMARTS) is 1. The van der Waals surface area contributed by atoms with Crippen LogP contribution in [0.3, 0.4) is 0 Å². The Labute approximate surface area is 222 Å². The van der Waals surface area contributed by atoms with Gasteiger partial charge in [0.15, 0.2) is 17.0 Å². The van der Waals surface area contributed by atoms with Crippen LogP contribution in [0.1, 0.15) is 67.9 Å². The standard InChI is InChI=1S/C29H34N6O3/c1-3-24(18(2)36)32-29-33-26(25-27(34-29)35(17-31-25)23-6-4-5-7-23)30-16-19-8-10-20(11-9-19)21-12-14-22(15-13-21)28(37)38/h8-15,17-18,23-24,36H,3-7,16H2,1-2H3,(H,37,38)(H2,30,32,33,34). The molecule has 0 aliphatic heterocycles. The van der Waals surface area contributed by atoms with Crippen LogP contribution in [-0.2, 0) is 6.54 Å². The summed E-state index contributed by atoms with van der Waals surface area (Å²) < 4.78 is 2.17. The zero-order valence-electron chi connectivity index (χ0n) is 21.8. The zero-order chi connectivity index (χ0) is 26.6. The molecule has 9 nitrogen and oxygen atoms in total. The second-order valence-electron chi connectivity index (χ2n) is 9.99. The summed E-state index contributed by atoms with van der Waals surface area (Å²) in [5.41, 5.74) is 4.86. The number of benzene rings is 2. The molecule has 9 heteroatoms. The fourth-order valence-corrected chi connectivity index (χ4v) is 5.09. The lowest BCUT2D eigenvalue weighted by atomic mass is 10.0. The van der Waals surface area contributed by atoms with Crippen molar-refractivity contribution < 1.29 is 15.0 Å². The first kappa shape index (κ1) is 25.7. The number of hydrogen-bond donors (Lipinski definition) is 4. The second kappa shape index (κ2) is 11.2. The summed E-state index contributed by atoms with van der Waals surface area (Å²) in [6.45, 7) is 4.34. The van der Waals surface area contributed by atoms with Crippen LogP contribution in [0, 0.1) is 0 Å². The Morgan fingerprint density at radius 2 is 1.71 bits per heavy atom. The highest BCUT2D eigenvalue weighted by molar-refractivity contribution is 5.88. The number of aliphatic hydroxyl groups is 1. The first-order valence-electron chi connectivity index (χ1n) is 13.3. The molecule has 0 radical (unpaired) electrons. The van der Waals surface area contributed by atoms with Gasteiger partial charge in [-0.05, 0) is 55.0 Å². The molecule has 38 heavy (non-hydrogen) atoms. The molecule has 2 heterocycles. The SMILES string of the molecule is CCC(Nc1nc(NCc2ccc(-c3ccc(C(=O)O)cc3)cc2)c2ncn(C3CCCC3)c2n1)C(C)O. The number of carbonyl (C=O) groups is 1. The maximum Gasteiger partial charge on any atom is 0.335 e. The lowest BCUT2D eigenvalue weighted by Crippen LogP contribution is -2.31. The maximum absolute atomic E-state index is 11.1. The molecule has 198 valence electrons. The Balaban J connectivity index is 1.38. The van der Waals surface area contributed by atoms with Gasteiger partial charge in [-0.3, -0.25) is 0 Å². The molecule has 4 N–H and O–H groups in total. The van der Waals surface area contributed by atoms with Gasteiger partial charge in [0.05, 0.1) is 24.0 Å². The van der Waals surface area contributed by atoms with Gasteiger partial charge in [-0.1, -0.05) is 56.2 Å². The molecule has 2 aromatic carbocycles. The van der Waals surface area contributed by atoms with Crippen LogP contribution in [0.15, 0.2) is 54.9 Å². The average molecular weight is 515 g/mol. The van der Waals surface area contributed by atoms with Crippen LogP contribution >= 0.6 is 0 Å². The van der Waals surface area contributed by atoms with Gasteiger partial charge in [-0.25, -0.2) is 9.78 Å². The number of carboxylic acids is 1. The largest absolute Gasteiger partial charge is 0.478 e. The number of aromatic carboxylic acids is 1. The fraction of sp³-hybridized carbons (Fsp3) is 0.379. The number of rotatable bonds is 10. The number of aliphatic hydroxyl groups excluding tert-OH is 1. The molecule has 4 aromatic rings. The third-order valence-corrected chi connectivity index (χ3v) is 7.36. The highest BCUT2D eigenvalue weighted by atomic mass is 16.4. The summed E-state index contributed by atoms with van der Waals surface area (Å²) in [7, 11) is 0. The molecule has 2 aromatic heterocycles. The molecular formula is C29H34N6O3. The van der Waals surface area contributed by atoms with Crippen molar-refractivity contribution in [2.75, 3.05) is 10.6 Å². The summed E-state index contributed by atoms with van der Waals surface area (Å²) >= 11 is 0. The Kier molecular flexibility index (Phi) is 7.55. The van der Waals surface area contributed by atoms with Crippen LogP contribution in [-0.4, -0.2) is 47.8 Å². The summed E-state index contributed by atoms with van der Waals surface area (Å²) in [5.74, 6) is 0.204. The Morgan fingerprint density at radius 3 is 2.32 bits per heavy atom. The van der Waals surface area contributed by atoms with Crippen LogP contribution in [0.2, 0.25) is 0 Å². The van der Waals surface area contributed by atoms with E-state index in [0.29, 0.717) is 24.4 Å². The number of nitrogens with one attached hydrogen (secondary N) is 2. The number of aromatic nitrogens is 4. The van der Waals surface area contributed by atoms with Crippen molar-refractivity contribution in [2.24, 2.45) is 0 Å². The zero-order valence-corrected chi connectivity index (χ0v) is 21.8. The minimum atomic E-state index is -0.931. The van der Waals surface area contributed by atoms with Gasteiger partial charge in [0.2, 0.25) is 5.95 Å². The number of imidazole rings is 1. The fourth-order valence-electron chi connectivity index (χ4n) is 5.09. The first-order valence-corrected chi connectivity index (χ1v) is 13.3. The third-order valence-electron chi connectivity index (χ3n) is 7.36. The number of anilines is 2. The lowest BCUT2D eigenvalue weighted by Gasteiger charge is -2.20. The number of nitrogens with zero attached hydrogens (tertiary/aromatic N) is 4. The topological polar surface area (TPSA) is 125 Å². The smallest absolute Gasteiger partial charge is 0.335 e. The number of hydrogen-bond acceptors (Lipinski definition) is 7. The molecule has 1 saturated carbocycles. The molecule has 1 aliphatic carbocycles. The van der Waals surface area contributed by atoms with Crippen LogP contribution < -0.4 is 10.6 Å². The van der Waals surface area contributed by atoms with Crippen molar-refractivity contribution >= 4 is 28.9 Å². The minimum Gasteiger partial charge on any atom is -0.478 e. The first-order chi connectivity index (χ1) is 18.4. The molecule has 5 rings (SSSR count). The number of fused-ring (bicyclic) bond motifs is 1. The highest BCUT2D eigenvalue weighted by Crippen LogP contribution is 2.33. The van der Waals surface area contributed by atoms with E-state index in [0.717, 1.165) is 47.1 Å². The molecule has 0 saturated heterocycles. The van der Waals surface area contributed by atoms with Crippen LogP contribution in [0.25, 0.3) is 22.3 Å². The molecule has 1 aliphatic rings. The molecule has 1 fully saturated rings. The van der Waals surface area contributed by atoms with Crippen molar-refractivity contribution in [3.05, 3.63) is 66.0 Å². The van der Waals surface area contributed by atoms with Gasteiger partial charge in [0.25, 0.3) is 0 Å². The monoisotopic (exact) mass is 514 g/mol. The Hall–Kier alpha value is -3.98. The summed E-state index contributed by atoms with van der Waals surface area (Å²) in [6, 6.07) is 15.3.